The molecule has 1 aromatic carbocycles. The maximum absolute atomic E-state index is 12.6. The molecule has 2 aliphatic heterocycles. The molecule has 0 saturated carbocycles. The Morgan fingerprint density at radius 1 is 1.33 bits per heavy atom. The van der Waals surface area contributed by atoms with Crippen molar-refractivity contribution in [1.82, 2.24) is 4.90 Å². The topological polar surface area (TPSA) is 29.5 Å². The summed E-state index contributed by atoms with van der Waals surface area (Å²) in [6.07, 6.45) is 8.10. The molecule has 2 atom stereocenters. The van der Waals surface area contributed by atoms with E-state index in [4.69, 9.17) is 4.74 Å². The van der Waals surface area contributed by atoms with Crippen molar-refractivity contribution >= 4 is 17.7 Å². The Balaban J connectivity index is 1.87. The SMILES string of the molecule is C=Cc1cccc(C2=CC3CCCC(C2)N3C(=O)OC(C)(C)C)c1. The summed E-state index contributed by atoms with van der Waals surface area (Å²) in [5, 5.41) is 0. The highest BCUT2D eigenvalue weighted by atomic mass is 16.6. The van der Waals surface area contributed by atoms with E-state index < -0.39 is 5.60 Å². The molecule has 0 aliphatic carbocycles. The lowest BCUT2D eigenvalue weighted by Gasteiger charge is -2.45. The number of hydrogen-bond donors (Lipinski definition) is 0. The van der Waals surface area contributed by atoms with E-state index in [1.807, 2.05) is 31.7 Å². The van der Waals surface area contributed by atoms with E-state index in [0.29, 0.717) is 0 Å². The van der Waals surface area contributed by atoms with Crippen LogP contribution in [0.15, 0.2) is 36.9 Å². The number of amides is 1. The Kier molecular flexibility index (Phi) is 4.53. The van der Waals surface area contributed by atoms with Gasteiger partial charge in [0.15, 0.2) is 0 Å². The van der Waals surface area contributed by atoms with Gasteiger partial charge >= 0.3 is 6.09 Å². The minimum absolute atomic E-state index is 0.148. The van der Waals surface area contributed by atoms with Crippen LogP contribution in [0.5, 0.6) is 0 Å². The zero-order valence-electron chi connectivity index (χ0n) is 14.9. The van der Waals surface area contributed by atoms with Crippen LogP contribution in [0, 0.1) is 0 Å². The lowest BCUT2D eigenvalue weighted by atomic mass is 9.83. The fourth-order valence-electron chi connectivity index (χ4n) is 3.71. The minimum atomic E-state index is -0.451. The molecule has 2 unspecified atom stereocenters. The standard InChI is InChI=1S/C21H27NO2/c1-5-15-8-6-9-16(12-15)17-13-18-10-7-11-19(14-17)22(18)20(23)24-21(2,3)4/h5-6,8-9,12-13,18-19H,1,7,10-11,14H2,2-4H3. The molecule has 2 aliphatic rings. The number of rotatable bonds is 2. The van der Waals surface area contributed by atoms with Gasteiger partial charge in [0, 0.05) is 6.04 Å². The van der Waals surface area contributed by atoms with Crippen molar-refractivity contribution in [1.29, 1.82) is 0 Å². The molecule has 3 heteroatoms. The molecule has 3 nitrogen and oxygen atoms in total. The first kappa shape index (κ1) is 16.8. The van der Waals surface area contributed by atoms with Crippen LogP contribution in [0.1, 0.15) is 57.6 Å². The average molecular weight is 325 g/mol. The lowest BCUT2D eigenvalue weighted by molar-refractivity contribution is 0.0000858. The van der Waals surface area contributed by atoms with Crippen LogP contribution in [-0.4, -0.2) is 28.7 Å². The lowest BCUT2D eigenvalue weighted by Crippen LogP contribution is -2.53. The number of hydrogen-bond acceptors (Lipinski definition) is 2. The van der Waals surface area contributed by atoms with Crippen LogP contribution < -0.4 is 0 Å². The monoisotopic (exact) mass is 325 g/mol. The zero-order valence-corrected chi connectivity index (χ0v) is 14.9. The molecule has 1 saturated heterocycles. The molecule has 3 rings (SSSR count). The average Bonchev–Trinajstić information content (AvgIpc) is 2.52. The first-order valence-electron chi connectivity index (χ1n) is 8.82. The summed E-state index contributed by atoms with van der Waals surface area (Å²) in [4.78, 5) is 14.6. The molecular weight excluding hydrogens is 298 g/mol. The van der Waals surface area contributed by atoms with E-state index in [-0.39, 0.29) is 18.2 Å². The van der Waals surface area contributed by atoms with Gasteiger partial charge in [-0.3, -0.25) is 4.90 Å². The van der Waals surface area contributed by atoms with Gasteiger partial charge in [-0.2, -0.15) is 0 Å². The summed E-state index contributed by atoms with van der Waals surface area (Å²) in [5.41, 5.74) is 3.27. The van der Waals surface area contributed by atoms with Crippen LogP contribution in [0.3, 0.4) is 0 Å². The summed E-state index contributed by atoms with van der Waals surface area (Å²) in [5.74, 6) is 0. The molecule has 128 valence electrons. The van der Waals surface area contributed by atoms with Crippen LogP contribution in [0.2, 0.25) is 0 Å². The molecule has 1 aromatic rings. The number of fused-ring (bicyclic) bond motifs is 2. The summed E-state index contributed by atoms with van der Waals surface area (Å²) in [6, 6.07) is 8.85. The third kappa shape index (κ3) is 3.55. The normalized spacial score (nSPS) is 23.5. The van der Waals surface area contributed by atoms with Crippen LogP contribution in [0.4, 0.5) is 4.79 Å². The highest BCUT2D eigenvalue weighted by Gasteiger charge is 2.39. The second-order valence-electron chi connectivity index (χ2n) is 7.77. The molecule has 0 aromatic heterocycles. The van der Waals surface area contributed by atoms with E-state index >= 15 is 0 Å². The van der Waals surface area contributed by atoms with Crippen LogP contribution >= 0.6 is 0 Å². The largest absolute Gasteiger partial charge is 0.444 e. The number of nitrogens with zero attached hydrogens (tertiary/aromatic N) is 1. The zero-order chi connectivity index (χ0) is 17.3. The van der Waals surface area contributed by atoms with Crippen LogP contribution in [-0.2, 0) is 4.74 Å². The Labute approximate surface area is 145 Å². The third-order valence-corrected chi connectivity index (χ3v) is 4.73. The molecular formula is C21H27NO2. The summed E-state index contributed by atoms with van der Waals surface area (Å²) >= 11 is 0. The maximum atomic E-state index is 12.6. The van der Waals surface area contributed by atoms with Gasteiger partial charge in [-0.15, -0.1) is 0 Å². The highest BCUT2D eigenvalue weighted by Crippen LogP contribution is 2.38. The van der Waals surface area contributed by atoms with Gasteiger partial charge in [0.2, 0.25) is 0 Å². The van der Waals surface area contributed by atoms with Gasteiger partial charge < -0.3 is 4.74 Å². The maximum Gasteiger partial charge on any atom is 0.411 e. The predicted molar refractivity (Wildman–Crippen MR) is 98.6 cm³/mol. The van der Waals surface area contributed by atoms with Crippen molar-refractivity contribution in [2.75, 3.05) is 0 Å². The van der Waals surface area contributed by atoms with E-state index in [1.54, 1.807) is 0 Å². The van der Waals surface area contributed by atoms with E-state index in [9.17, 15) is 4.79 Å². The first-order chi connectivity index (χ1) is 11.4. The van der Waals surface area contributed by atoms with Gasteiger partial charge in [-0.25, -0.2) is 4.79 Å². The van der Waals surface area contributed by atoms with Crippen LogP contribution in [0.25, 0.3) is 11.6 Å². The Bertz CT molecular complexity index is 669. The second-order valence-corrected chi connectivity index (χ2v) is 7.77. The second kappa shape index (κ2) is 6.46. The predicted octanol–water partition coefficient (Wildman–Crippen LogP) is 5.27. The van der Waals surface area contributed by atoms with Crippen molar-refractivity contribution in [3.8, 4) is 0 Å². The number of ether oxygens (including phenoxy) is 1. The molecule has 1 fully saturated rings. The van der Waals surface area contributed by atoms with Crippen molar-refractivity contribution in [2.45, 2.75) is 64.1 Å². The highest BCUT2D eigenvalue weighted by molar-refractivity contribution is 5.75. The van der Waals surface area contributed by atoms with E-state index in [2.05, 4.69) is 36.9 Å². The molecule has 24 heavy (non-hydrogen) atoms. The van der Waals surface area contributed by atoms with Gasteiger partial charge in [-0.1, -0.05) is 36.9 Å². The fraction of sp³-hybridized carbons (Fsp3) is 0.476. The van der Waals surface area contributed by atoms with Gasteiger partial charge in [0.25, 0.3) is 0 Å². The van der Waals surface area contributed by atoms with Gasteiger partial charge in [0.05, 0.1) is 6.04 Å². The minimum Gasteiger partial charge on any atom is -0.444 e. The Morgan fingerprint density at radius 3 is 2.79 bits per heavy atom. The number of carbonyl (C=O) groups excluding carboxylic acids is 1. The molecule has 2 heterocycles. The molecule has 0 radical (unpaired) electrons. The Morgan fingerprint density at radius 2 is 2.12 bits per heavy atom. The Hall–Kier alpha value is -2.03. The quantitative estimate of drug-likeness (QED) is 0.741. The number of carbonyl (C=O) groups is 1. The van der Waals surface area contributed by atoms with E-state index in [0.717, 1.165) is 24.8 Å². The summed E-state index contributed by atoms with van der Waals surface area (Å²) in [6.45, 7) is 9.62. The van der Waals surface area contributed by atoms with Gasteiger partial charge in [-0.05, 0) is 69.2 Å². The number of piperidine rings is 1. The van der Waals surface area contributed by atoms with Crippen molar-refractivity contribution in [3.05, 3.63) is 48.0 Å². The van der Waals surface area contributed by atoms with Gasteiger partial charge in [0.1, 0.15) is 5.60 Å². The molecule has 0 N–H and O–H groups in total. The third-order valence-electron chi connectivity index (χ3n) is 4.73. The summed E-state index contributed by atoms with van der Waals surface area (Å²) in [7, 11) is 0. The van der Waals surface area contributed by atoms with Crippen molar-refractivity contribution in [3.63, 3.8) is 0 Å². The first-order valence-corrected chi connectivity index (χ1v) is 8.82. The van der Waals surface area contributed by atoms with Crippen molar-refractivity contribution in [2.24, 2.45) is 0 Å². The van der Waals surface area contributed by atoms with Crippen molar-refractivity contribution < 1.29 is 9.53 Å². The number of benzene rings is 1. The smallest absolute Gasteiger partial charge is 0.411 e. The molecule has 1 amide bonds. The molecule has 2 bridgehead atoms. The van der Waals surface area contributed by atoms with E-state index in [1.165, 1.54) is 17.6 Å². The molecule has 0 spiro atoms. The summed E-state index contributed by atoms with van der Waals surface area (Å²) < 4.78 is 5.64. The fourth-order valence-corrected chi connectivity index (χ4v) is 3.71.